The molecule has 2 aromatic carbocycles. The predicted molar refractivity (Wildman–Crippen MR) is 87.0 cm³/mol. The molecular formula is C18H19N2O3-. The number of fused-ring (bicyclic) bond motifs is 1. The first kappa shape index (κ1) is 15.3. The summed E-state index contributed by atoms with van der Waals surface area (Å²) in [6.45, 7) is 2.75. The molecule has 2 aromatic rings. The zero-order valence-electron chi connectivity index (χ0n) is 12.9. The second-order valence-electron chi connectivity index (χ2n) is 5.74. The van der Waals surface area contributed by atoms with Crippen LogP contribution in [-0.2, 0) is 9.59 Å². The second kappa shape index (κ2) is 6.69. The molecule has 1 aliphatic rings. The summed E-state index contributed by atoms with van der Waals surface area (Å²) in [7, 11) is 0. The molecule has 5 nitrogen and oxygen atoms in total. The first-order valence-corrected chi connectivity index (χ1v) is 7.85. The molecule has 0 radical (unpaired) electrons. The van der Waals surface area contributed by atoms with E-state index in [4.69, 9.17) is 0 Å². The SMILES string of the molecule is O=C([O-])CCC(=O)N1CCN(c2cccc3ccccc23)CC1. The highest BCUT2D eigenvalue weighted by Crippen LogP contribution is 2.27. The fourth-order valence-corrected chi connectivity index (χ4v) is 3.05. The molecule has 0 N–H and O–H groups in total. The van der Waals surface area contributed by atoms with E-state index in [1.54, 1.807) is 4.90 Å². The van der Waals surface area contributed by atoms with E-state index in [1.807, 2.05) is 12.1 Å². The molecule has 1 heterocycles. The van der Waals surface area contributed by atoms with Crippen molar-refractivity contribution in [3.63, 3.8) is 0 Å². The standard InChI is InChI=1S/C18H20N2O3/c21-17(8-9-18(22)23)20-12-10-19(11-13-20)16-7-3-5-14-4-1-2-6-15(14)16/h1-7H,8-13H2,(H,22,23)/p-1. The summed E-state index contributed by atoms with van der Waals surface area (Å²) >= 11 is 0. The van der Waals surface area contributed by atoms with Crippen molar-refractivity contribution in [3.05, 3.63) is 42.5 Å². The predicted octanol–water partition coefficient (Wildman–Crippen LogP) is 1.02. The minimum atomic E-state index is -1.17. The van der Waals surface area contributed by atoms with Gasteiger partial charge in [-0.1, -0.05) is 36.4 Å². The van der Waals surface area contributed by atoms with Crippen LogP contribution in [0.1, 0.15) is 12.8 Å². The van der Waals surface area contributed by atoms with Gasteiger partial charge in [-0.05, 0) is 17.9 Å². The van der Waals surface area contributed by atoms with Crippen molar-refractivity contribution in [3.8, 4) is 0 Å². The topological polar surface area (TPSA) is 63.7 Å². The van der Waals surface area contributed by atoms with E-state index in [1.165, 1.54) is 16.5 Å². The van der Waals surface area contributed by atoms with Crippen molar-refractivity contribution in [2.45, 2.75) is 12.8 Å². The zero-order valence-corrected chi connectivity index (χ0v) is 12.9. The summed E-state index contributed by atoms with van der Waals surface area (Å²) in [6, 6.07) is 14.5. The molecule has 3 rings (SSSR count). The quantitative estimate of drug-likeness (QED) is 0.845. The minimum Gasteiger partial charge on any atom is -0.550 e. The number of piperazine rings is 1. The maximum Gasteiger partial charge on any atom is 0.223 e. The molecule has 1 saturated heterocycles. The van der Waals surface area contributed by atoms with Gasteiger partial charge in [0.2, 0.25) is 5.91 Å². The van der Waals surface area contributed by atoms with Gasteiger partial charge in [0.05, 0.1) is 0 Å². The van der Waals surface area contributed by atoms with E-state index < -0.39 is 5.97 Å². The van der Waals surface area contributed by atoms with Crippen molar-refractivity contribution in [1.29, 1.82) is 0 Å². The molecule has 0 saturated carbocycles. The van der Waals surface area contributed by atoms with Crippen molar-refractivity contribution < 1.29 is 14.7 Å². The summed E-state index contributed by atoms with van der Waals surface area (Å²) in [6.07, 6.45) is -0.182. The summed E-state index contributed by atoms with van der Waals surface area (Å²) in [5, 5.41) is 12.9. The van der Waals surface area contributed by atoms with E-state index in [0.29, 0.717) is 13.1 Å². The van der Waals surface area contributed by atoms with E-state index in [-0.39, 0.29) is 18.7 Å². The number of carbonyl (C=O) groups excluding carboxylic acids is 2. The largest absolute Gasteiger partial charge is 0.550 e. The fraction of sp³-hybridized carbons (Fsp3) is 0.333. The number of nitrogens with zero attached hydrogens (tertiary/aromatic N) is 2. The molecule has 0 unspecified atom stereocenters. The molecule has 120 valence electrons. The lowest BCUT2D eigenvalue weighted by Gasteiger charge is -2.36. The molecule has 0 atom stereocenters. The molecule has 0 bridgehead atoms. The second-order valence-corrected chi connectivity index (χ2v) is 5.74. The van der Waals surface area contributed by atoms with Crippen LogP contribution in [-0.4, -0.2) is 43.0 Å². The Bertz CT molecular complexity index is 716. The van der Waals surface area contributed by atoms with Gasteiger partial charge >= 0.3 is 0 Å². The maximum atomic E-state index is 12.0. The highest BCUT2D eigenvalue weighted by molar-refractivity contribution is 5.94. The third-order valence-electron chi connectivity index (χ3n) is 4.28. The summed E-state index contributed by atoms with van der Waals surface area (Å²) < 4.78 is 0. The van der Waals surface area contributed by atoms with Crippen LogP contribution in [0.5, 0.6) is 0 Å². The Kier molecular flexibility index (Phi) is 4.46. The number of benzene rings is 2. The van der Waals surface area contributed by atoms with Gasteiger partial charge in [0.25, 0.3) is 0 Å². The average Bonchev–Trinajstić information content (AvgIpc) is 2.59. The van der Waals surface area contributed by atoms with Gasteiger partial charge in [0, 0.05) is 49.6 Å². The number of amides is 1. The maximum absolute atomic E-state index is 12.0. The first-order valence-electron chi connectivity index (χ1n) is 7.85. The number of anilines is 1. The lowest BCUT2D eigenvalue weighted by molar-refractivity contribution is -0.305. The summed E-state index contributed by atoms with van der Waals surface area (Å²) in [5.74, 6) is -1.28. The summed E-state index contributed by atoms with van der Waals surface area (Å²) in [5.41, 5.74) is 1.19. The Morgan fingerprint density at radius 1 is 0.913 bits per heavy atom. The van der Waals surface area contributed by atoms with Gasteiger partial charge in [-0.3, -0.25) is 4.79 Å². The smallest absolute Gasteiger partial charge is 0.223 e. The number of hydrogen-bond donors (Lipinski definition) is 0. The van der Waals surface area contributed by atoms with E-state index in [2.05, 4.69) is 35.2 Å². The van der Waals surface area contributed by atoms with E-state index in [0.717, 1.165) is 13.1 Å². The van der Waals surface area contributed by atoms with Gasteiger partial charge in [-0.15, -0.1) is 0 Å². The van der Waals surface area contributed by atoms with Crippen LogP contribution in [0.15, 0.2) is 42.5 Å². The van der Waals surface area contributed by atoms with Crippen LogP contribution in [0.3, 0.4) is 0 Å². The third-order valence-corrected chi connectivity index (χ3v) is 4.28. The third kappa shape index (κ3) is 3.44. The van der Waals surface area contributed by atoms with Gasteiger partial charge in [-0.2, -0.15) is 0 Å². The Morgan fingerprint density at radius 2 is 1.61 bits per heavy atom. The molecule has 0 aromatic heterocycles. The number of rotatable bonds is 4. The van der Waals surface area contributed by atoms with Crippen LogP contribution in [0, 0.1) is 0 Å². The Hall–Kier alpha value is -2.56. The summed E-state index contributed by atoms with van der Waals surface area (Å²) in [4.78, 5) is 26.5. The Morgan fingerprint density at radius 3 is 2.35 bits per heavy atom. The highest BCUT2D eigenvalue weighted by atomic mass is 16.4. The van der Waals surface area contributed by atoms with Crippen LogP contribution in [0.25, 0.3) is 10.8 Å². The van der Waals surface area contributed by atoms with Crippen molar-refractivity contribution >= 4 is 28.3 Å². The van der Waals surface area contributed by atoms with Gasteiger partial charge in [0.15, 0.2) is 0 Å². The highest BCUT2D eigenvalue weighted by Gasteiger charge is 2.21. The van der Waals surface area contributed by atoms with Crippen molar-refractivity contribution in [2.24, 2.45) is 0 Å². The number of hydrogen-bond acceptors (Lipinski definition) is 4. The molecular weight excluding hydrogens is 292 g/mol. The molecule has 23 heavy (non-hydrogen) atoms. The molecule has 0 aliphatic carbocycles. The molecule has 0 spiro atoms. The van der Waals surface area contributed by atoms with Gasteiger partial charge in [0.1, 0.15) is 0 Å². The molecule has 1 amide bonds. The number of carboxylic acid groups (broad SMARTS) is 1. The van der Waals surface area contributed by atoms with E-state index >= 15 is 0 Å². The average molecular weight is 311 g/mol. The fourth-order valence-electron chi connectivity index (χ4n) is 3.05. The van der Waals surface area contributed by atoms with Crippen LogP contribution in [0.4, 0.5) is 5.69 Å². The number of aliphatic carboxylic acids is 1. The minimum absolute atomic E-state index is 0.0244. The van der Waals surface area contributed by atoms with Crippen LogP contribution in [0.2, 0.25) is 0 Å². The monoisotopic (exact) mass is 311 g/mol. The Balaban J connectivity index is 1.66. The van der Waals surface area contributed by atoms with E-state index in [9.17, 15) is 14.7 Å². The van der Waals surface area contributed by atoms with Crippen molar-refractivity contribution in [2.75, 3.05) is 31.1 Å². The number of carboxylic acids is 1. The van der Waals surface area contributed by atoms with Gasteiger partial charge in [-0.25, -0.2) is 0 Å². The first-order chi connectivity index (χ1) is 11.1. The zero-order chi connectivity index (χ0) is 16.2. The van der Waals surface area contributed by atoms with Crippen molar-refractivity contribution in [1.82, 2.24) is 4.90 Å². The molecule has 5 heteroatoms. The normalized spacial score (nSPS) is 15.0. The number of carbonyl (C=O) groups is 2. The van der Waals surface area contributed by atoms with Gasteiger partial charge < -0.3 is 19.7 Å². The Labute approximate surface area is 135 Å². The molecule has 1 fully saturated rings. The molecule has 1 aliphatic heterocycles. The van der Waals surface area contributed by atoms with Crippen LogP contribution >= 0.6 is 0 Å². The lowest BCUT2D eigenvalue weighted by atomic mass is 10.1. The van der Waals surface area contributed by atoms with Crippen LogP contribution < -0.4 is 10.0 Å². The lowest BCUT2D eigenvalue weighted by Crippen LogP contribution is -2.49.